The van der Waals surface area contributed by atoms with Gasteiger partial charge in [-0.3, -0.25) is 24.2 Å². The van der Waals surface area contributed by atoms with E-state index in [1.165, 1.54) is 4.90 Å². The van der Waals surface area contributed by atoms with Crippen LogP contribution in [0.15, 0.2) is 59.1 Å². The van der Waals surface area contributed by atoms with Crippen molar-refractivity contribution in [2.75, 3.05) is 11.6 Å². The minimum atomic E-state index is -0.266. The number of carbonyl (C=O) groups excluding carboxylic acids is 3. The molecule has 5 aliphatic rings. The van der Waals surface area contributed by atoms with Crippen molar-refractivity contribution >= 4 is 39.3 Å². The Hall–Kier alpha value is -2.73. The van der Waals surface area contributed by atoms with E-state index in [-0.39, 0.29) is 48.1 Å². The smallest absolute Gasteiger partial charge is 0.259 e. The summed E-state index contributed by atoms with van der Waals surface area (Å²) in [5.74, 6) is 0.449. The predicted octanol–water partition coefficient (Wildman–Crippen LogP) is 4.72. The highest BCUT2D eigenvalue weighted by Crippen LogP contribution is 2.65. The van der Waals surface area contributed by atoms with Crippen molar-refractivity contribution in [3.8, 4) is 0 Å². The number of imide groups is 1. The van der Waals surface area contributed by atoms with E-state index in [2.05, 4.69) is 28.1 Å². The van der Waals surface area contributed by atoms with Crippen LogP contribution in [-0.2, 0) is 9.59 Å². The fourth-order valence-electron chi connectivity index (χ4n) is 6.35. The molecule has 1 aliphatic heterocycles. The van der Waals surface area contributed by atoms with Crippen LogP contribution in [0.5, 0.6) is 0 Å². The average Bonchev–Trinajstić information content (AvgIpc) is 3.62. The molecule has 6 unspecified atom stereocenters. The number of benzene rings is 2. The molecule has 2 saturated carbocycles. The molecule has 6 atom stereocenters. The summed E-state index contributed by atoms with van der Waals surface area (Å²) in [5.41, 5.74) is 3.20. The maximum atomic E-state index is 13.7. The van der Waals surface area contributed by atoms with Gasteiger partial charge >= 0.3 is 0 Å². The zero-order chi connectivity index (χ0) is 23.0. The van der Waals surface area contributed by atoms with Crippen molar-refractivity contribution in [3.63, 3.8) is 0 Å². The Morgan fingerprint density at radius 1 is 0.939 bits per heavy atom. The van der Waals surface area contributed by atoms with Crippen LogP contribution < -0.4 is 4.90 Å². The number of halogens is 1. The van der Waals surface area contributed by atoms with Crippen molar-refractivity contribution in [1.82, 2.24) is 4.90 Å². The fourth-order valence-corrected chi connectivity index (χ4v) is 6.78. The summed E-state index contributed by atoms with van der Waals surface area (Å²) in [6.45, 7) is 3.89. The fraction of sp³-hybridized carbons (Fsp3) is 0.370. The number of rotatable bonds is 4. The van der Waals surface area contributed by atoms with Crippen LogP contribution in [0.1, 0.15) is 27.9 Å². The first kappa shape index (κ1) is 20.8. The molecule has 3 amide bonds. The van der Waals surface area contributed by atoms with Crippen LogP contribution >= 0.6 is 15.9 Å². The molecule has 168 valence electrons. The monoisotopic (exact) mass is 504 g/mol. The van der Waals surface area contributed by atoms with Gasteiger partial charge in [0.2, 0.25) is 11.8 Å². The Morgan fingerprint density at radius 3 is 2.15 bits per heavy atom. The Morgan fingerprint density at radius 2 is 1.55 bits per heavy atom. The minimum Gasteiger partial charge on any atom is -0.289 e. The molecule has 7 rings (SSSR count). The number of allylic oxidation sites excluding steroid dienone is 2. The third-order valence-electron chi connectivity index (χ3n) is 8.29. The van der Waals surface area contributed by atoms with Crippen LogP contribution in [-0.4, -0.2) is 29.3 Å². The summed E-state index contributed by atoms with van der Waals surface area (Å²) in [4.78, 5) is 43.7. The zero-order valence-corrected chi connectivity index (χ0v) is 20.2. The first-order valence-electron chi connectivity index (χ1n) is 11.5. The summed E-state index contributed by atoms with van der Waals surface area (Å²) in [7, 11) is 0. The van der Waals surface area contributed by atoms with Gasteiger partial charge in [-0.05, 0) is 79.3 Å². The van der Waals surface area contributed by atoms with Gasteiger partial charge in [-0.1, -0.05) is 46.3 Å². The number of likely N-dealkylation sites (tertiary alicyclic amines) is 1. The Balaban J connectivity index is 1.38. The van der Waals surface area contributed by atoms with Gasteiger partial charge < -0.3 is 0 Å². The van der Waals surface area contributed by atoms with E-state index in [0.29, 0.717) is 23.1 Å². The van der Waals surface area contributed by atoms with Gasteiger partial charge in [0.1, 0.15) is 6.67 Å². The van der Waals surface area contributed by atoms with Gasteiger partial charge in [0.25, 0.3) is 5.91 Å². The number of nitrogens with zero attached hydrogens (tertiary/aromatic N) is 2. The van der Waals surface area contributed by atoms with Gasteiger partial charge in [-0.2, -0.15) is 0 Å². The number of hydrogen-bond acceptors (Lipinski definition) is 3. The lowest BCUT2D eigenvalue weighted by Crippen LogP contribution is -2.45. The first-order chi connectivity index (χ1) is 15.9. The molecule has 6 heteroatoms. The Bertz CT molecular complexity index is 1190. The van der Waals surface area contributed by atoms with Crippen molar-refractivity contribution in [2.45, 2.75) is 20.3 Å². The number of carbonyl (C=O) groups is 3. The molecule has 0 radical (unpaired) electrons. The summed E-state index contributed by atoms with van der Waals surface area (Å²) in [5, 5.41) is 0. The van der Waals surface area contributed by atoms with E-state index in [1.807, 2.05) is 44.2 Å². The largest absolute Gasteiger partial charge is 0.289 e. The van der Waals surface area contributed by atoms with Gasteiger partial charge in [0.15, 0.2) is 0 Å². The molecule has 2 aromatic carbocycles. The third-order valence-corrected chi connectivity index (χ3v) is 9.15. The Kier molecular flexibility index (Phi) is 4.67. The van der Waals surface area contributed by atoms with Crippen molar-refractivity contribution in [2.24, 2.45) is 35.5 Å². The predicted molar refractivity (Wildman–Crippen MR) is 128 cm³/mol. The third kappa shape index (κ3) is 2.99. The second kappa shape index (κ2) is 7.39. The maximum Gasteiger partial charge on any atom is 0.259 e. The number of hydrogen-bond donors (Lipinski definition) is 0. The lowest BCUT2D eigenvalue weighted by Gasteiger charge is -2.37. The summed E-state index contributed by atoms with van der Waals surface area (Å²) in [6.07, 6.45) is 5.47. The lowest BCUT2D eigenvalue weighted by molar-refractivity contribution is -0.140. The summed E-state index contributed by atoms with van der Waals surface area (Å²) < 4.78 is 0.956. The van der Waals surface area contributed by atoms with Gasteiger partial charge in [0.05, 0.1) is 11.8 Å². The molecule has 5 nitrogen and oxygen atoms in total. The highest BCUT2D eigenvalue weighted by atomic mass is 79.9. The second-order valence-corrected chi connectivity index (χ2v) is 10.7. The molecule has 3 fully saturated rings. The molecule has 2 bridgehead atoms. The molecule has 33 heavy (non-hydrogen) atoms. The molecular weight excluding hydrogens is 480 g/mol. The van der Waals surface area contributed by atoms with Crippen LogP contribution in [0, 0.1) is 49.4 Å². The second-order valence-electron chi connectivity index (χ2n) is 9.82. The topological polar surface area (TPSA) is 57.7 Å². The van der Waals surface area contributed by atoms with Gasteiger partial charge in [0, 0.05) is 15.7 Å². The molecule has 1 heterocycles. The van der Waals surface area contributed by atoms with E-state index >= 15 is 0 Å². The van der Waals surface area contributed by atoms with E-state index in [1.54, 1.807) is 17.0 Å². The van der Waals surface area contributed by atoms with Crippen molar-refractivity contribution in [1.29, 1.82) is 0 Å². The molecule has 4 aliphatic carbocycles. The molecule has 1 saturated heterocycles. The van der Waals surface area contributed by atoms with Crippen LogP contribution in [0.2, 0.25) is 0 Å². The number of anilines is 1. The van der Waals surface area contributed by atoms with Crippen LogP contribution in [0.25, 0.3) is 0 Å². The zero-order valence-electron chi connectivity index (χ0n) is 18.6. The van der Waals surface area contributed by atoms with Gasteiger partial charge in [-0.15, -0.1) is 0 Å². The molecule has 0 N–H and O–H groups in total. The first-order valence-corrected chi connectivity index (χ1v) is 12.3. The Labute approximate surface area is 201 Å². The standard InChI is InChI=1S/C27H25BrN2O3/c1-14-15(2)22(11-10-21(14)28)29(25(31)16-6-4-3-5-7-16)13-30-26(32)23-17-8-9-18(20-12-19(17)20)24(23)27(30)33/h3-11,17-20,23-24H,12-13H2,1-2H3. The highest BCUT2D eigenvalue weighted by Gasteiger charge is 2.67. The van der Waals surface area contributed by atoms with E-state index < -0.39 is 0 Å². The summed E-state index contributed by atoms with van der Waals surface area (Å²) >= 11 is 3.56. The van der Waals surface area contributed by atoms with Crippen LogP contribution in [0.4, 0.5) is 5.69 Å². The molecule has 0 spiro atoms. The molecule has 0 aromatic heterocycles. The maximum absolute atomic E-state index is 13.7. The normalized spacial score (nSPS) is 30.9. The SMILES string of the molecule is Cc1c(Br)ccc(N(CN2C(=O)C3C4C=CC(C5CC45)C3C2=O)C(=O)c2ccccc2)c1C. The van der Waals surface area contributed by atoms with Crippen molar-refractivity contribution < 1.29 is 14.4 Å². The quantitative estimate of drug-likeness (QED) is 0.446. The van der Waals surface area contributed by atoms with E-state index in [4.69, 9.17) is 0 Å². The van der Waals surface area contributed by atoms with E-state index in [0.717, 1.165) is 22.0 Å². The minimum absolute atomic E-state index is 0.0604. The summed E-state index contributed by atoms with van der Waals surface area (Å²) in [6, 6.07) is 12.8. The lowest BCUT2D eigenvalue weighted by atomic mass is 9.63. The molecule has 2 aromatic rings. The van der Waals surface area contributed by atoms with E-state index in [9.17, 15) is 14.4 Å². The molecular formula is C27H25BrN2O3. The number of amides is 3. The van der Waals surface area contributed by atoms with Crippen LogP contribution in [0.3, 0.4) is 0 Å². The highest BCUT2D eigenvalue weighted by molar-refractivity contribution is 9.10. The average molecular weight is 505 g/mol. The van der Waals surface area contributed by atoms with Gasteiger partial charge in [-0.25, -0.2) is 0 Å². The van der Waals surface area contributed by atoms with Crippen molar-refractivity contribution in [3.05, 3.63) is 75.8 Å².